The summed E-state index contributed by atoms with van der Waals surface area (Å²) < 4.78 is 60.0. The van der Waals surface area contributed by atoms with Gasteiger partial charge in [-0.25, -0.2) is 0 Å². The SMILES string of the molecule is CCCCCCCCCC(=O)OCCOCCOCCOCCOCCOCCOCCOCCOCCOCCOc1ccc(C=O)cc1. The molecule has 0 amide bonds. The number of unbranched alkanes of at least 4 members (excludes halogenated alkanes) is 6. The Kier molecular flexibility index (Phi) is 34.9. The van der Waals surface area contributed by atoms with Crippen molar-refractivity contribution in [2.75, 3.05) is 132 Å². The van der Waals surface area contributed by atoms with Gasteiger partial charge in [-0.1, -0.05) is 45.4 Å². The van der Waals surface area contributed by atoms with E-state index in [4.69, 9.17) is 52.1 Å². The maximum absolute atomic E-state index is 11.7. The molecule has 0 aromatic heterocycles. The van der Waals surface area contributed by atoms with E-state index in [1.54, 1.807) is 24.3 Å². The Labute approximate surface area is 299 Å². The normalized spacial score (nSPS) is 11.2. The van der Waals surface area contributed by atoms with E-state index in [-0.39, 0.29) is 12.6 Å². The quantitative estimate of drug-likeness (QED) is 0.0528. The first-order valence-corrected chi connectivity index (χ1v) is 18.3. The molecule has 0 spiro atoms. The lowest BCUT2D eigenvalue weighted by molar-refractivity contribution is -0.145. The second kappa shape index (κ2) is 38.0. The van der Waals surface area contributed by atoms with Crippen molar-refractivity contribution >= 4 is 12.3 Å². The fourth-order valence-corrected chi connectivity index (χ4v) is 4.24. The zero-order chi connectivity index (χ0) is 35.8. The number of aldehydes is 1. The maximum Gasteiger partial charge on any atom is 0.305 e. The van der Waals surface area contributed by atoms with Crippen LogP contribution in [-0.2, 0) is 52.2 Å². The highest BCUT2D eigenvalue weighted by Gasteiger charge is 2.03. The van der Waals surface area contributed by atoms with E-state index in [1.165, 1.54) is 32.1 Å². The Bertz CT molecular complexity index is 856. The van der Waals surface area contributed by atoms with E-state index in [9.17, 15) is 9.59 Å². The molecule has 0 atom stereocenters. The minimum Gasteiger partial charge on any atom is -0.491 e. The van der Waals surface area contributed by atoms with Gasteiger partial charge in [0.25, 0.3) is 0 Å². The highest BCUT2D eigenvalue weighted by atomic mass is 16.6. The number of carbonyl (C=O) groups excluding carboxylic acids is 2. The molecule has 0 saturated heterocycles. The lowest BCUT2D eigenvalue weighted by Gasteiger charge is -2.09. The van der Waals surface area contributed by atoms with Crippen molar-refractivity contribution in [2.24, 2.45) is 0 Å². The van der Waals surface area contributed by atoms with Gasteiger partial charge in [0.15, 0.2) is 0 Å². The highest BCUT2D eigenvalue weighted by Crippen LogP contribution is 2.11. The molecule has 0 bridgehead atoms. The minimum absolute atomic E-state index is 0.144. The second-order valence-electron chi connectivity index (χ2n) is 11.1. The third-order valence-electron chi connectivity index (χ3n) is 6.96. The molecule has 0 aliphatic carbocycles. The van der Waals surface area contributed by atoms with Crippen molar-refractivity contribution in [1.82, 2.24) is 0 Å². The summed E-state index contributed by atoms with van der Waals surface area (Å²) >= 11 is 0. The largest absolute Gasteiger partial charge is 0.491 e. The third-order valence-corrected chi connectivity index (χ3v) is 6.96. The van der Waals surface area contributed by atoms with Crippen molar-refractivity contribution in [1.29, 1.82) is 0 Å². The van der Waals surface area contributed by atoms with Crippen LogP contribution in [0.1, 0.15) is 68.6 Å². The summed E-state index contributed by atoms with van der Waals surface area (Å²) in [4.78, 5) is 22.4. The molecule has 13 heteroatoms. The number of esters is 1. The molecule has 290 valence electrons. The molecule has 0 heterocycles. The lowest BCUT2D eigenvalue weighted by Crippen LogP contribution is -2.15. The van der Waals surface area contributed by atoms with Crippen LogP contribution in [0.15, 0.2) is 24.3 Å². The van der Waals surface area contributed by atoms with Gasteiger partial charge in [-0.05, 0) is 30.7 Å². The number of hydrogen-bond acceptors (Lipinski definition) is 13. The fourth-order valence-electron chi connectivity index (χ4n) is 4.24. The second-order valence-corrected chi connectivity index (χ2v) is 11.1. The van der Waals surface area contributed by atoms with E-state index in [2.05, 4.69) is 6.92 Å². The van der Waals surface area contributed by atoms with Crippen LogP contribution in [0.2, 0.25) is 0 Å². The summed E-state index contributed by atoms with van der Waals surface area (Å²) in [5.41, 5.74) is 0.616. The van der Waals surface area contributed by atoms with E-state index in [0.717, 1.165) is 19.1 Å². The molecule has 0 aliphatic rings. The smallest absolute Gasteiger partial charge is 0.305 e. The van der Waals surface area contributed by atoms with Gasteiger partial charge in [0, 0.05) is 12.0 Å². The zero-order valence-corrected chi connectivity index (χ0v) is 30.5. The number of hydrogen-bond donors (Lipinski definition) is 0. The molecule has 1 aromatic carbocycles. The Morgan fingerprint density at radius 1 is 0.460 bits per heavy atom. The van der Waals surface area contributed by atoms with Gasteiger partial charge in [0.05, 0.1) is 119 Å². The first-order valence-electron chi connectivity index (χ1n) is 18.3. The average Bonchev–Trinajstić information content (AvgIpc) is 3.13. The van der Waals surface area contributed by atoms with Gasteiger partial charge in [-0.2, -0.15) is 0 Å². The van der Waals surface area contributed by atoms with Gasteiger partial charge in [0.1, 0.15) is 25.2 Å². The predicted octanol–water partition coefficient (Wildman–Crippen LogP) is 4.71. The molecule has 13 nitrogen and oxygen atoms in total. The molecular weight excluding hydrogens is 652 g/mol. The van der Waals surface area contributed by atoms with Crippen molar-refractivity contribution in [3.05, 3.63) is 29.8 Å². The van der Waals surface area contributed by atoms with Gasteiger partial charge < -0.3 is 52.1 Å². The standard InChI is InChI=1S/C37H64O13/c1-2-3-4-5-6-7-8-9-37(39)50-33-31-48-29-27-46-25-23-44-21-19-42-17-15-40-14-16-41-18-20-43-22-24-45-26-28-47-30-32-49-36-12-10-35(34-38)11-13-36/h10-13,34H,2-9,14-33H2,1H3. The van der Waals surface area contributed by atoms with Gasteiger partial charge >= 0.3 is 5.97 Å². The van der Waals surface area contributed by atoms with E-state index < -0.39 is 0 Å². The van der Waals surface area contributed by atoms with Crippen molar-refractivity contribution in [3.8, 4) is 5.75 Å². The van der Waals surface area contributed by atoms with Crippen LogP contribution in [0.5, 0.6) is 5.75 Å². The molecule has 50 heavy (non-hydrogen) atoms. The molecular formula is C37H64O13. The van der Waals surface area contributed by atoms with Crippen LogP contribution in [0.4, 0.5) is 0 Å². The first kappa shape index (κ1) is 45.8. The number of benzene rings is 1. The topological polar surface area (TPSA) is 136 Å². The molecule has 0 fully saturated rings. The van der Waals surface area contributed by atoms with E-state index >= 15 is 0 Å². The van der Waals surface area contributed by atoms with Crippen LogP contribution in [0.3, 0.4) is 0 Å². The molecule has 0 radical (unpaired) electrons. The van der Waals surface area contributed by atoms with Crippen molar-refractivity contribution < 1.29 is 61.7 Å². The Morgan fingerprint density at radius 3 is 1.18 bits per heavy atom. The number of carbonyl (C=O) groups is 2. The summed E-state index contributed by atoms with van der Waals surface area (Å²) in [6.07, 6.45) is 9.57. The fraction of sp³-hybridized carbons (Fsp3) is 0.784. The molecule has 1 rings (SSSR count). The van der Waals surface area contributed by atoms with Gasteiger partial charge in [0.2, 0.25) is 0 Å². The van der Waals surface area contributed by atoms with E-state index in [0.29, 0.717) is 143 Å². The summed E-state index contributed by atoms with van der Waals surface area (Å²) in [6.45, 7) is 11.5. The van der Waals surface area contributed by atoms with Crippen molar-refractivity contribution in [2.45, 2.75) is 58.3 Å². The summed E-state index contributed by atoms with van der Waals surface area (Å²) in [6, 6.07) is 6.93. The maximum atomic E-state index is 11.7. The van der Waals surface area contributed by atoms with Crippen LogP contribution < -0.4 is 4.74 Å². The van der Waals surface area contributed by atoms with Crippen LogP contribution in [0.25, 0.3) is 0 Å². The van der Waals surface area contributed by atoms with Crippen LogP contribution >= 0.6 is 0 Å². The number of ether oxygens (including phenoxy) is 11. The summed E-state index contributed by atoms with van der Waals surface area (Å²) in [5, 5.41) is 0. The highest BCUT2D eigenvalue weighted by molar-refractivity contribution is 5.74. The monoisotopic (exact) mass is 716 g/mol. The molecule has 0 aliphatic heterocycles. The van der Waals surface area contributed by atoms with Crippen LogP contribution in [0, 0.1) is 0 Å². The first-order chi connectivity index (χ1) is 24.8. The number of rotatable bonds is 40. The van der Waals surface area contributed by atoms with Gasteiger partial charge in [-0.3, -0.25) is 9.59 Å². The summed E-state index contributed by atoms with van der Waals surface area (Å²) in [7, 11) is 0. The van der Waals surface area contributed by atoms with Crippen molar-refractivity contribution in [3.63, 3.8) is 0 Å². The Morgan fingerprint density at radius 2 is 0.800 bits per heavy atom. The third kappa shape index (κ3) is 33.0. The molecule has 0 unspecified atom stereocenters. The van der Waals surface area contributed by atoms with E-state index in [1.807, 2.05) is 0 Å². The molecule has 0 N–H and O–H groups in total. The molecule has 1 aromatic rings. The van der Waals surface area contributed by atoms with Crippen LogP contribution in [-0.4, -0.2) is 144 Å². The zero-order valence-electron chi connectivity index (χ0n) is 30.5. The lowest BCUT2D eigenvalue weighted by atomic mass is 10.1. The Hall–Kier alpha value is -2.20. The Balaban J connectivity index is 1.65. The minimum atomic E-state index is -0.144. The predicted molar refractivity (Wildman–Crippen MR) is 188 cm³/mol. The summed E-state index contributed by atoms with van der Waals surface area (Å²) in [5.74, 6) is 0.558. The van der Waals surface area contributed by atoms with Gasteiger partial charge in [-0.15, -0.1) is 0 Å². The molecule has 0 saturated carbocycles. The average molecular weight is 717 g/mol.